The van der Waals surface area contributed by atoms with Gasteiger partial charge in [-0.3, -0.25) is 19.9 Å². The fourth-order valence-corrected chi connectivity index (χ4v) is 3.82. The number of nitrogens with one attached hydrogen (secondary N) is 3. The molecular weight excluding hydrogens is 436 g/mol. The molecule has 0 aliphatic heterocycles. The van der Waals surface area contributed by atoms with Crippen LogP contribution in [0.3, 0.4) is 0 Å². The van der Waals surface area contributed by atoms with E-state index >= 15 is 0 Å². The predicted octanol–water partition coefficient (Wildman–Crippen LogP) is 3.68. The Balaban J connectivity index is 2.07. The van der Waals surface area contributed by atoms with Crippen LogP contribution in [0.25, 0.3) is 10.9 Å². The molecule has 0 fully saturated rings. The smallest absolute Gasteiger partial charge is 0.272 e. The SMILES string of the molecule is COc1c(NC(=O)c2cc3cccc(N(O)O)c3[nH]2)cc(C(C)(C)C)cc1NS(C)(=O)=O. The van der Waals surface area contributed by atoms with E-state index in [0.717, 1.165) is 11.8 Å². The molecule has 1 amide bonds. The van der Waals surface area contributed by atoms with Gasteiger partial charge in [-0.05, 0) is 35.2 Å². The van der Waals surface area contributed by atoms with Crippen molar-refractivity contribution in [2.75, 3.05) is 28.6 Å². The number of sulfonamides is 1. The van der Waals surface area contributed by atoms with Crippen LogP contribution in [0.4, 0.5) is 17.1 Å². The molecule has 5 N–H and O–H groups in total. The second kappa shape index (κ2) is 8.34. The number of H-pyrrole nitrogens is 1. The summed E-state index contributed by atoms with van der Waals surface area (Å²) in [7, 11) is -2.22. The van der Waals surface area contributed by atoms with E-state index in [2.05, 4.69) is 15.0 Å². The Morgan fingerprint density at radius 2 is 1.78 bits per heavy atom. The number of carbonyl (C=O) groups is 1. The van der Waals surface area contributed by atoms with Gasteiger partial charge in [0.25, 0.3) is 5.91 Å². The van der Waals surface area contributed by atoms with Gasteiger partial charge in [0.15, 0.2) is 5.75 Å². The number of hydrogen-bond donors (Lipinski definition) is 5. The third-order valence-corrected chi connectivity index (χ3v) is 5.39. The van der Waals surface area contributed by atoms with Crippen molar-refractivity contribution < 1.29 is 28.4 Å². The molecule has 3 aromatic rings. The number of fused-ring (bicyclic) bond motifs is 1. The number of anilines is 3. The lowest BCUT2D eigenvalue weighted by molar-refractivity contribution is 0.0299. The maximum absolute atomic E-state index is 13.0. The van der Waals surface area contributed by atoms with Gasteiger partial charge in [-0.15, -0.1) is 5.23 Å². The molecule has 11 heteroatoms. The number of amides is 1. The van der Waals surface area contributed by atoms with Crippen LogP contribution in [0, 0.1) is 0 Å². The zero-order valence-electron chi connectivity index (χ0n) is 18.3. The quantitative estimate of drug-likeness (QED) is 0.351. The van der Waals surface area contributed by atoms with E-state index in [9.17, 15) is 23.6 Å². The van der Waals surface area contributed by atoms with Crippen LogP contribution in [-0.4, -0.2) is 43.1 Å². The van der Waals surface area contributed by atoms with Gasteiger partial charge in [-0.2, -0.15) is 0 Å². The highest BCUT2D eigenvalue weighted by atomic mass is 32.2. The second-order valence-corrected chi connectivity index (χ2v) is 10.1. The third kappa shape index (κ3) is 4.96. The molecule has 0 aliphatic carbocycles. The average molecular weight is 463 g/mol. The molecule has 2 aromatic carbocycles. The number of carbonyl (C=O) groups excluding carboxylic acids is 1. The van der Waals surface area contributed by atoms with Crippen LogP contribution in [-0.2, 0) is 15.4 Å². The number of methoxy groups -OCH3 is 1. The molecule has 1 heterocycles. The first-order chi connectivity index (χ1) is 14.8. The van der Waals surface area contributed by atoms with Crippen molar-refractivity contribution in [3.05, 3.63) is 47.7 Å². The van der Waals surface area contributed by atoms with Crippen molar-refractivity contribution in [1.82, 2.24) is 4.98 Å². The predicted molar refractivity (Wildman–Crippen MR) is 122 cm³/mol. The highest BCUT2D eigenvalue weighted by molar-refractivity contribution is 7.92. The van der Waals surface area contributed by atoms with Crippen LogP contribution in [0.1, 0.15) is 36.8 Å². The summed E-state index contributed by atoms with van der Waals surface area (Å²) in [5.41, 5.74) is 1.51. The molecule has 0 spiro atoms. The first kappa shape index (κ1) is 23.4. The van der Waals surface area contributed by atoms with Crippen molar-refractivity contribution in [2.24, 2.45) is 0 Å². The van der Waals surface area contributed by atoms with E-state index < -0.39 is 15.9 Å². The van der Waals surface area contributed by atoms with Gasteiger partial charge >= 0.3 is 0 Å². The Morgan fingerprint density at radius 1 is 1.12 bits per heavy atom. The average Bonchev–Trinajstić information content (AvgIpc) is 3.10. The lowest BCUT2D eigenvalue weighted by Gasteiger charge is -2.23. The van der Waals surface area contributed by atoms with Gasteiger partial charge in [0.2, 0.25) is 10.0 Å². The summed E-state index contributed by atoms with van der Waals surface area (Å²) in [4.78, 5) is 15.9. The van der Waals surface area contributed by atoms with Gasteiger partial charge in [0.05, 0.1) is 30.3 Å². The Labute approximate surface area is 185 Å². The van der Waals surface area contributed by atoms with E-state index in [1.807, 2.05) is 20.8 Å². The zero-order chi connectivity index (χ0) is 23.8. The van der Waals surface area contributed by atoms with Crippen molar-refractivity contribution in [3.63, 3.8) is 0 Å². The molecule has 1 aromatic heterocycles. The van der Waals surface area contributed by atoms with Crippen LogP contribution >= 0.6 is 0 Å². The van der Waals surface area contributed by atoms with Crippen molar-refractivity contribution in [1.29, 1.82) is 0 Å². The zero-order valence-corrected chi connectivity index (χ0v) is 19.2. The highest BCUT2D eigenvalue weighted by Gasteiger charge is 2.23. The largest absolute Gasteiger partial charge is 0.492 e. The topological polar surface area (TPSA) is 144 Å². The van der Waals surface area contributed by atoms with E-state index in [0.29, 0.717) is 10.9 Å². The van der Waals surface area contributed by atoms with Crippen LogP contribution < -0.4 is 20.0 Å². The number of aromatic amines is 1. The maximum Gasteiger partial charge on any atom is 0.272 e. The molecule has 0 saturated carbocycles. The fraction of sp³-hybridized carbons (Fsp3) is 0.286. The molecule has 172 valence electrons. The first-order valence-electron chi connectivity index (χ1n) is 9.61. The Hall–Kier alpha value is -3.28. The van der Waals surface area contributed by atoms with Gasteiger partial charge in [-0.25, -0.2) is 8.42 Å². The summed E-state index contributed by atoms with van der Waals surface area (Å²) in [5, 5.41) is 22.1. The van der Waals surface area contributed by atoms with Gasteiger partial charge in [-0.1, -0.05) is 32.9 Å². The molecule has 0 saturated heterocycles. The number of aromatic nitrogens is 1. The summed E-state index contributed by atoms with van der Waals surface area (Å²) in [6, 6.07) is 9.76. The summed E-state index contributed by atoms with van der Waals surface area (Å²) >= 11 is 0. The van der Waals surface area contributed by atoms with Crippen molar-refractivity contribution in [2.45, 2.75) is 26.2 Å². The summed E-state index contributed by atoms with van der Waals surface area (Å²) in [5.74, 6) is -0.366. The molecule has 32 heavy (non-hydrogen) atoms. The van der Waals surface area contributed by atoms with E-state index in [-0.39, 0.29) is 39.1 Å². The Morgan fingerprint density at radius 3 is 2.34 bits per heavy atom. The van der Waals surface area contributed by atoms with Crippen LogP contribution in [0.5, 0.6) is 5.75 Å². The van der Waals surface area contributed by atoms with Crippen molar-refractivity contribution in [3.8, 4) is 5.75 Å². The minimum atomic E-state index is -3.60. The minimum absolute atomic E-state index is 0.0283. The summed E-state index contributed by atoms with van der Waals surface area (Å²) < 4.78 is 31.6. The van der Waals surface area contributed by atoms with Gasteiger partial charge in [0, 0.05) is 5.39 Å². The molecular formula is C21H26N4O6S. The maximum atomic E-state index is 13.0. The van der Waals surface area contributed by atoms with E-state index in [1.165, 1.54) is 13.2 Å². The molecule has 0 bridgehead atoms. The molecule has 3 rings (SSSR count). The van der Waals surface area contributed by atoms with E-state index in [4.69, 9.17) is 4.74 Å². The highest BCUT2D eigenvalue weighted by Crippen LogP contribution is 2.39. The first-order valence-corrected chi connectivity index (χ1v) is 11.5. The van der Waals surface area contributed by atoms with Crippen LogP contribution in [0.15, 0.2) is 36.4 Å². The van der Waals surface area contributed by atoms with Crippen LogP contribution in [0.2, 0.25) is 0 Å². The molecule has 0 radical (unpaired) electrons. The fourth-order valence-electron chi connectivity index (χ4n) is 3.27. The molecule has 0 atom stereocenters. The standard InChI is InChI=1S/C21H26N4O6S/c1-21(2,3)13-10-14(19(31-4)15(11-13)24-32(5,29)30)23-20(26)16-9-12-7-6-8-17(25(27)28)18(12)22-16/h6-11,22,24,27-28H,1-5H3,(H,23,26). The molecule has 10 nitrogen and oxygen atoms in total. The number of ether oxygens (including phenoxy) is 1. The number of nitrogens with zero attached hydrogens (tertiary/aromatic N) is 1. The minimum Gasteiger partial charge on any atom is -0.492 e. The third-order valence-electron chi connectivity index (χ3n) is 4.80. The summed E-state index contributed by atoms with van der Waals surface area (Å²) in [6.45, 7) is 5.87. The number of benzene rings is 2. The van der Waals surface area contributed by atoms with Gasteiger partial charge in [0.1, 0.15) is 11.4 Å². The monoisotopic (exact) mass is 462 g/mol. The number of rotatable bonds is 6. The van der Waals surface area contributed by atoms with Crippen molar-refractivity contribution >= 4 is 43.9 Å². The normalized spacial score (nSPS) is 12.0. The lowest BCUT2D eigenvalue weighted by atomic mass is 9.86. The second-order valence-electron chi connectivity index (χ2n) is 8.40. The lowest BCUT2D eigenvalue weighted by Crippen LogP contribution is -2.18. The summed E-state index contributed by atoms with van der Waals surface area (Å²) in [6.07, 6.45) is 1.03. The number of hydrogen-bond acceptors (Lipinski definition) is 7. The molecule has 0 unspecified atom stereocenters. The molecule has 0 aliphatic rings. The number of para-hydroxylation sites is 1. The Kier molecular flexibility index (Phi) is 6.09. The van der Waals surface area contributed by atoms with Gasteiger partial charge < -0.3 is 15.0 Å². The Bertz CT molecular complexity index is 1280. The van der Waals surface area contributed by atoms with E-state index in [1.54, 1.807) is 30.3 Å².